The van der Waals surface area contributed by atoms with E-state index >= 15 is 0 Å². The van der Waals surface area contributed by atoms with Crippen molar-refractivity contribution in [3.8, 4) is 11.8 Å². The van der Waals surface area contributed by atoms with Crippen LogP contribution in [0.1, 0.15) is 24.5 Å². The molecule has 0 aliphatic heterocycles. The maximum Gasteiger partial charge on any atom is 0.123 e. The van der Waals surface area contributed by atoms with Gasteiger partial charge in [0, 0.05) is 23.5 Å². The average molecular weight is 281 g/mol. The Hall–Kier alpha value is -2.67. The van der Waals surface area contributed by atoms with Crippen LogP contribution in [-0.2, 0) is 0 Å². The summed E-state index contributed by atoms with van der Waals surface area (Å²) in [5.41, 5.74) is 9.67. The highest BCUT2D eigenvalue weighted by Crippen LogP contribution is 2.28. The molecule has 0 saturated heterocycles. The predicted molar refractivity (Wildman–Crippen MR) is 85.8 cm³/mol. The molecule has 0 bridgehead atoms. The number of nitriles is 1. The van der Waals surface area contributed by atoms with Crippen molar-refractivity contribution >= 4 is 17.1 Å². The van der Waals surface area contributed by atoms with Gasteiger partial charge in [0.05, 0.1) is 17.9 Å². The van der Waals surface area contributed by atoms with Crippen LogP contribution in [0.5, 0.6) is 5.75 Å². The van der Waals surface area contributed by atoms with Gasteiger partial charge in [-0.3, -0.25) is 0 Å². The molecule has 0 saturated carbocycles. The number of nitrogens with zero attached hydrogens (tertiary/aromatic N) is 1. The maximum absolute atomic E-state index is 9.26. The van der Waals surface area contributed by atoms with E-state index < -0.39 is 0 Å². The summed E-state index contributed by atoms with van der Waals surface area (Å²) in [4.78, 5) is 0. The minimum atomic E-state index is 0.622. The zero-order valence-electron chi connectivity index (χ0n) is 12.3. The molecular weight excluding hydrogens is 262 g/mol. The number of hydrogen-bond donors (Lipinski definition) is 2. The summed E-state index contributed by atoms with van der Waals surface area (Å²) in [6.07, 6.45) is 0.939. The van der Waals surface area contributed by atoms with Crippen LogP contribution in [0.25, 0.3) is 0 Å². The molecule has 21 heavy (non-hydrogen) atoms. The van der Waals surface area contributed by atoms with E-state index in [0.717, 1.165) is 29.1 Å². The summed E-state index contributed by atoms with van der Waals surface area (Å²) in [5, 5.41) is 12.5. The van der Waals surface area contributed by atoms with Crippen LogP contribution in [0.2, 0.25) is 0 Å². The molecule has 0 fully saturated rings. The van der Waals surface area contributed by atoms with Crippen LogP contribution in [0.4, 0.5) is 17.1 Å². The fraction of sp³-hybridized carbons (Fsp3) is 0.235. The van der Waals surface area contributed by atoms with Crippen LogP contribution in [0.3, 0.4) is 0 Å². The molecular formula is C17H19N3O. The van der Waals surface area contributed by atoms with Gasteiger partial charge in [0.1, 0.15) is 11.8 Å². The molecule has 2 rings (SSSR count). The third kappa shape index (κ3) is 3.67. The Morgan fingerprint density at radius 2 is 2.10 bits per heavy atom. The smallest absolute Gasteiger partial charge is 0.123 e. The lowest BCUT2D eigenvalue weighted by atomic mass is 10.1. The number of benzene rings is 2. The summed E-state index contributed by atoms with van der Waals surface area (Å²) < 4.78 is 5.61. The van der Waals surface area contributed by atoms with E-state index in [1.54, 1.807) is 6.07 Å². The van der Waals surface area contributed by atoms with Gasteiger partial charge in [-0.1, -0.05) is 19.1 Å². The van der Waals surface area contributed by atoms with Crippen LogP contribution >= 0.6 is 0 Å². The molecule has 0 heterocycles. The van der Waals surface area contributed by atoms with Crippen molar-refractivity contribution in [2.24, 2.45) is 0 Å². The maximum atomic E-state index is 9.26. The van der Waals surface area contributed by atoms with Crippen molar-refractivity contribution in [3.05, 3.63) is 47.5 Å². The number of nitrogens with two attached hydrogens (primary N) is 1. The Balaban J connectivity index is 2.30. The Kier molecular flexibility index (Phi) is 4.68. The first-order valence-electron chi connectivity index (χ1n) is 6.94. The molecule has 0 aliphatic rings. The standard InChI is InChI=1S/C17H19N3O/c1-3-7-21-15-9-13(19)8-14(10-15)20-17-6-4-5-12(2)16(17)11-18/h4-6,8-10,20H,3,7,19H2,1-2H3. The van der Waals surface area contributed by atoms with Gasteiger partial charge in [0.2, 0.25) is 0 Å². The highest BCUT2D eigenvalue weighted by Gasteiger charge is 2.06. The van der Waals surface area contributed by atoms with Crippen LogP contribution in [-0.4, -0.2) is 6.61 Å². The van der Waals surface area contributed by atoms with Crippen molar-refractivity contribution in [1.82, 2.24) is 0 Å². The second kappa shape index (κ2) is 6.67. The minimum absolute atomic E-state index is 0.622. The van der Waals surface area contributed by atoms with Crippen LogP contribution in [0.15, 0.2) is 36.4 Å². The fourth-order valence-corrected chi connectivity index (χ4v) is 2.07. The van der Waals surface area contributed by atoms with Gasteiger partial charge in [-0.15, -0.1) is 0 Å². The van der Waals surface area contributed by atoms with Gasteiger partial charge < -0.3 is 15.8 Å². The van der Waals surface area contributed by atoms with Crippen LogP contribution < -0.4 is 15.8 Å². The molecule has 0 radical (unpaired) electrons. The van der Waals surface area contributed by atoms with E-state index in [1.165, 1.54) is 0 Å². The number of ether oxygens (including phenoxy) is 1. The van der Waals surface area contributed by atoms with Gasteiger partial charge in [-0.25, -0.2) is 0 Å². The molecule has 0 unspecified atom stereocenters. The highest BCUT2D eigenvalue weighted by molar-refractivity contribution is 5.71. The first-order chi connectivity index (χ1) is 10.1. The number of rotatable bonds is 5. The Labute approximate surface area is 125 Å². The highest BCUT2D eigenvalue weighted by atomic mass is 16.5. The lowest BCUT2D eigenvalue weighted by Crippen LogP contribution is -1.99. The molecule has 3 N–H and O–H groups in total. The number of hydrogen-bond acceptors (Lipinski definition) is 4. The molecule has 4 heteroatoms. The summed E-state index contributed by atoms with van der Waals surface area (Å²) in [6, 6.07) is 13.4. The lowest BCUT2D eigenvalue weighted by Gasteiger charge is -2.12. The SMILES string of the molecule is CCCOc1cc(N)cc(Nc2cccc(C)c2C#N)c1. The summed E-state index contributed by atoms with van der Waals surface area (Å²) >= 11 is 0. The van der Waals surface area contributed by atoms with E-state index in [9.17, 15) is 5.26 Å². The summed E-state index contributed by atoms with van der Waals surface area (Å²) in [6.45, 7) is 4.62. The molecule has 2 aromatic rings. The number of anilines is 3. The molecule has 4 nitrogen and oxygen atoms in total. The van der Waals surface area contributed by atoms with Crippen molar-refractivity contribution in [2.45, 2.75) is 20.3 Å². The topological polar surface area (TPSA) is 71.1 Å². The van der Waals surface area contributed by atoms with Crippen LogP contribution in [0, 0.1) is 18.3 Å². The fourth-order valence-electron chi connectivity index (χ4n) is 2.07. The second-order valence-corrected chi connectivity index (χ2v) is 4.87. The predicted octanol–water partition coefficient (Wildman–Crippen LogP) is 3.98. The molecule has 0 aromatic heterocycles. The third-order valence-electron chi connectivity index (χ3n) is 3.07. The zero-order valence-corrected chi connectivity index (χ0v) is 12.3. The Morgan fingerprint density at radius 3 is 2.81 bits per heavy atom. The Bertz CT molecular complexity index is 674. The van der Waals surface area contributed by atoms with Gasteiger partial charge in [0.15, 0.2) is 0 Å². The number of nitrogens with one attached hydrogen (secondary N) is 1. The van der Waals surface area contributed by atoms with E-state index in [0.29, 0.717) is 17.9 Å². The Morgan fingerprint density at radius 1 is 1.29 bits per heavy atom. The van der Waals surface area contributed by atoms with Crippen molar-refractivity contribution < 1.29 is 4.74 Å². The van der Waals surface area contributed by atoms with Gasteiger partial charge >= 0.3 is 0 Å². The molecule has 0 spiro atoms. The summed E-state index contributed by atoms with van der Waals surface area (Å²) in [5.74, 6) is 0.727. The minimum Gasteiger partial charge on any atom is -0.493 e. The molecule has 0 amide bonds. The lowest BCUT2D eigenvalue weighted by molar-refractivity contribution is 0.318. The van der Waals surface area contributed by atoms with E-state index in [4.69, 9.17) is 10.5 Å². The molecule has 0 aliphatic carbocycles. The monoisotopic (exact) mass is 281 g/mol. The number of nitrogen functional groups attached to an aromatic ring is 1. The van der Waals surface area contributed by atoms with Gasteiger partial charge in [-0.2, -0.15) is 5.26 Å². The summed E-state index contributed by atoms with van der Waals surface area (Å²) in [7, 11) is 0. The van der Waals surface area contributed by atoms with Crippen molar-refractivity contribution in [3.63, 3.8) is 0 Å². The second-order valence-electron chi connectivity index (χ2n) is 4.87. The molecule has 2 aromatic carbocycles. The average Bonchev–Trinajstić information content (AvgIpc) is 2.45. The zero-order chi connectivity index (χ0) is 15.2. The van der Waals surface area contributed by atoms with Gasteiger partial charge in [-0.05, 0) is 31.0 Å². The normalized spacial score (nSPS) is 9.95. The van der Waals surface area contributed by atoms with Crippen molar-refractivity contribution in [2.75, 3.05) is 17.7 Å². The van der Waals surface area contributed by atoms with Crippen molar-refractivity contribution in [1.29, 1.82) is 5.26 Å². The van der Waals surface area contributed by atoms with Gasteiger partial charge in [0.25, 0.3) is 0 Å². The largest absolute Gasteiger partial charge is 0.493 e. The van der Waals surface area contributed by atoms with E-state index in [1.807, 2.05) is 37.3 Å². The molecule has 108 valence electrons. The first-order valence-corrected chi connectivity index (χ1v) is 6.94. The quantitative estimate of drug-likeness (QED) is 0.813. The van der Waals surface area contributed by atoms with E-state index in [-0.39, 0.29) is 0 Å². The third-order valence-corrected chi connectivity index (χ3v) is 3.07. The first kappa shape index (κ1) is 14.7. The van der Waals surface area contributed by atoms with E-state index in [2.05, 4.69) is 18.3 Å². The number of aryl methyl sites for hydroxylation is 1. The molecule has 0 atom stereocenters.